The molecular formula is C8H10O4S. The summed E-state index contributed by atoms with van der Waals surface area (Å²) in [6, 6.07) is 4.28. The predicted octanol–water partition coefficient (Wildman–Crippen LogP) is 1.04. The van der Waals surface area contributed by atoms with E-state index in [4.69, 9.17) is 5.11 Å². The maximum atomic E-state index is 10.7. The average Bonchev–Trinajstić information content (AvgIpc) is 1.78. The molecule has 1 aromatic rings. The molecule has 0 bridgehead atoms. The standard InChI is InChI=1S/C8H10O4S/c1-6-3-7(9)5-8(4-6)12-13(2,10)11/h3-5,9H,1-2H3. The van der Waals surface area contributed by atoms with Gasteiger partial charge in [0.1, 0.15) is 11.5 Å². The van der Waals surface area contributed by atoms with Crippen LogP contribution in [0.15, 0.2) is 18.2 Å². The third-order valence-electron chi connectivity index (χ3n) is 1.28. The lowest BCUT2D eigenvalue weighted by Crippen LogP contribution is -2.05. The summed E-state index contributed by atoms with van der Waals surface area (Å²) in [5.41, 5.74) is 0.735. The third-order valence-corrected chi connectivity index (χ3v) is 1.78. The topological polar surface area (TPSA) is 63.6 Å². The number of aryl methyl sites for hydroxylation is 1. The highest BCUT2D eigenvalue weighted by molar-refractivity contribution is 7.86. The monoisotopic (exact) mass is 202 g/mol. The lowest BCUT2D eigenvalue weighted by molar-refractivity contribution is 0.465. The number of hydrogen-bond donors (Lipinski definition) is 1. The minimum Gasteiger partial charge on any atom is -0.508 e. The minimum atomic E-state index is -3.52. The molecule has 0 aromatic heterocycles. The molecule has 0 aliphatic carbocycles. The second-order valence-electron chi connectivity index (χ2n) is 2.79. The number of rotatable bonds is 2. The van der Waals surface area contributed by atoms with Crippen LogP contribution in [0.2, 0.25) is 0 Å². The molecule has 0 radical (unpaired) electrons. The zero-order valence-electron chi connectivity index (χ0n) is 7.31. The van der Waals surface area contributed by atoms with E-state index in [1.165, 1.54) is 18.2 Å². The van der Waals surface area contributed by atoms with E-state index in [1.54, 1.807) is 6.92 Å². The molecule has 1 rings (SSSR count). The highest BCUT2D eigenvalue weighted by Crippen LogP contribution is 2.21. The molecule has 0 amide bonds. The number of phenolic OH excluding ortho intramolecular Hbond substituents is 1. The third kappa shape index (κ3) is 3.33. The molecule has 0 heterocycles. The molecule has 72 valence electrons. The summed E-state index contributed by atoms with van der Waals surface area (Å²) in [5, 5.41) is 9.12. The van der Waals surface area contributed by atoms with Gasteiger partial charge in [-0.25, -0.2) is 0 Å². The highest BCUT2D eigenvalue weighted by Gasteiger charge is 2.05. The lowest BCUT2D eigenvalue weighted by Gasteiger charge is -2.03. The van der Waals surface area contributed by atoms with Crippen molar-refractivity contribution in [3.8, 4) is 11.5 Å². The van der Waals surface area contributed by atoms with E-state index in [0.29, 0.717) is 0 Å². The van der Waals surface area contributed by atoms with Gasteiger partial charge in [-0.05, 0) is 24.6 Å². The summed E-state index contributed by atoms with van der Waals surface area (Å²) < 4.78 is 26.0. The van der Waals surface area contributed by atoms with Gasteiger partial charge in [-0.3, -0.25) is 0 Å². The Morgan fingerprint density at radius 1 is 1.31 bits per heavy atom. The molecule has 0 atom stereocenters. The predicted molar refractivity (Wildman–Crippen MR) is 48.3 cm³/mol. The van der Waals surface area contributed by atoms with Gasteiger partial charge in [0.2, 0.25) is 0 Å². The van der Waals surface area contributed by atoms with Gasteiger partial charge in [-0.15, -0.1) is 0 Å². The quantitative estimate of drug-likeness (QED) is 0.728. The van der Waals surface area contributed by atoms with Crippen molar-refractivity contribution in [1.82, 2.24) is 0 Å². The number of aromatic hydroxyl groups is 1. The molecule has 0 fully saturated rings. The van der Waals surface area contributed by atoms with Crippen LogP contribution in [-0.2, 0) is 10.1 Å². The Bertz CT molecular complexity index is 388. The van der Waals surface area contributed by atoms with Crippen molar-refractivity contribution in [1.29, 1.82) is 0 Å². The molecule has 0 aliphatic rings. The summed E-state index contributed by atoms with van der Waals surface area (Å²) in [7, 11) is -3.52. The Morgan fingerprint density at radius 2 is 1.92 bits per heavy atom. The summed E-state index contributed by atoms with van der Waals surface area (Å²) in [6.45, 7) is 1.73. The van der Waals surface area contributed by atoms with Crippen LogP contribution in [0.5, 0.6) is 11.5 Å². The first-order valence-electron chi connectivity index (χ1n) is 3.57. The maximum Gasteiger partial charge on any atom is 0.306 e. The van der Waals surface area contributed by atoms with E-state index in [0.717, 1.165) is 11.8 Å². The maximum absolute atomic E-state index is 10.7. The van der Waals surface area contributed by atoms with Gasteiger partial charge in [0.15, 0.2) is 0 Å². The van der Waals surface area contributed by atoms with Crippen molar-refractivity contribution in [2.45, 2.75) is 6.92 Å². The van der Waals surface area contributed by atoms with Crippen molar-refractivity contribution in [3.63, 3.8) is 0 Å². The SMILES string of the molecule is Cc1cc(O)cc(OS(C)(=O)=O)c1. The fraction of sp³-hybridized carbons (Fsp3) is 0.250. The van der Waals surface area contributed by atoms with Gasteiger partial charge in [0, 0.05) is 6.07 Å². The fourth-order valence-electron chi connectivity index (χ4n) is 0.951. The van der Waals surface area contributed by atoms with E-state index >= 15 is 0 Å². The molecule has 5 heteroatoms. The van der Waals surface area contributed by atoms with Crippen molar-refractivity contribution >= 4 is 10.1 Å². The van der Waals surface area contributed by atoms with Crippen molar-refractivity contribution in [2.75, 3.05) is 6.26 Å². The van der Waals surface area contributed by atoms with E-state index in [1.807, 2.05) is 0 Å². The first kappa shape index (κ1) is 9.85. The summed E-state index contributed by atoms with van der Waals surface area (Å²) in [5.74, 6) is 0.110. The van der Waals surface area contributed by atoms with Crippen molar-refractivity contribution in [3.05, 3.63) is 23.8 Å². The van der Waals surface area contributed by atoms with E-state index in [2.05, 4.69) is 4.18 Å². The molecule has 1 aromatic carbocycles. The van der Waals surface area contributed by atoms with Gasteiger partial charge >= 0.3 is 10.1 Å². The zero-order chi connectivity index (χ0) is 10.1. The highest BCUT2D eigenvalue weighted by atomic mass is 32.2. The number of phenols is 1. The largest absolute Gasteiger partial charge is 0.508 e. The summed E-state index contributed by atoms with van der Waals surface area (Å²) in [4.78, 5) is 0. The summed E-state index contributed by atoms with van der Waals surface area (Å²) in [6.07, 6.45) is 0.951. The van der Waals surface area contributed by atoms with Crippen LogP contribution >= 0.6 is 0 Å². The zero-order valence-corrected chi connectivity index (χ0v) is 8.13. The van der Waals surface area contributed by atoms with Gasteiger partial charge in [0.05, 0.1) is 6.26 Å². The second kappa shape index (κ2) is 3.26. The van der Waals surface area contributed by atoms with Crippen LogP contribution < -0.4 is 4.18 Å². The Morgan fingerprint density at radius 3 is 2.38 bits per heavy atom. The van der Waals surface area contributed by atoms with E-state index in [9.17, 15) is 8.42 Å². The Labute approximate surface area is 76.9 Å². The molecule has 0 saturated heterocycles. The van der Waals surface area contributed by atoms with Crippen molar-refractivity contribution < 1.29 is 17.7 Å². The normalized spacial score (nSPS) is 11.2. The first-order chi connectivity index (χ1) is 5.87. The van der Waals surface area contributed by atoms with Gasteiger partial charge in [-0.2, -0.15) is 8.42 Å². The molecule has 0 saturated carbocycles. The first-order valence-corrected chi connectivity index (χ1v) is 5.38. The lowest BCUT2D eigenvalue weighted by atomic mass is 10.2. The molecule has 1 N–H and O–H groups in total. The van der Waals surface area contributed by atoms with Crippen LogP contribution in [0.25, 0.3) is 0 Å². The van der Waals surface area contributed by atoms with E-state index < -0.39 is 10.1 Å². The van der Waals surface area contributed by atoms with Crippen LogP contribution in [0.1, 0.15) is 5.56 Å². The average molecular weight is 202 g/mol. The van der Waals surface area contributed by atoms with E-state index in [-0.39, 0.29) is 11.5 Å². The molecule has 13 heavy (non-hydrogen) atoms. The Kier molecular flexibility index (Phi) is 2.47. The fourth-order valence-corrected chi connectivity index (χ4v) is 1.40. The number of benzene rings is 1. The smallest absolute Gasteiger partial charge is 0.306 e. The molecule has 0 unspecified atom stereocenters. The minimum absolute atomic E-state index is 0.0151. The van der Waals surface area contributed by atoms with Gasteiger partial charge < -0.3 is 9.29 Å². The molecule has 0 aliphatic heterocycles. The van der Waals surface area contributed by atoms with Crippen LogP contribution in [0.3, 0.4) is 0 Å². The Balaban J connectivity index is 3.03. The molecule has 4 nitrogen and oxygen atoms in total. The van der Waals surface area contributed by atoms with Crippen LogP contribution in [0, 0.1) is 6.92 Å². The molecular weight excluding hydrogens is 192 g/mol. The van der Waals surface area contributed by atoms with Gasteiger partial charge in [-0.1, -0.05) is 0 Å². The van der Waals surface area contributed by atoms with Crippen molar-refractivity contribution in [2.24, 2.45) is 0 Å². The van der Waals surface area contributed by atoms with Crippen LogP contribution in [0.4, 0.5) is 0 Å². The summed E-state index contributed by atoms with van der Waals surface area (Å²) >= 11 is 0. The number of hydrogen-bond acceptors (Lipinski definition) is 4. The van der Waals surface area contributed by atoms with Gasteiger partial charge in [0.25, 0.3) is 0 Å². The van der Waals surface area contributed by atoms with Crippen LogP contribution in [-0.4, -0.2) is 19.8 Å². The second-order valence-corrected chi connectivity index (χ2v) is 4.37. The Hall–Kier alpha value is -1.23. The molecule has 0 spiro atoms.